The summed E-state index contributed by atoms with van der Waals surface area (Å²) in [4.78, 5) is 26.6. The van der Waals surface area contributed by atoms with E-state index in [1.807, 2.05) is 26.8 Å². The smallest absolute Gasteiger partial charge is 0.243 e. The first kappa shape index (κ1) is 19.9. The molecule has 0 aliphatic carbocycles. The zero-order valence-electron chi connectivity index (χ0n) is 15.4. The number of nitrogens with one attached hydrogen (secondary N) is 1. The molecule has 1 saturated heterocycles. The Kier molecular flexibility index (Phi) is 6.01. The van der Waals surface area contributed by atoms with E-state index < -0.39 is 23.6 Å². The molecule has 1 aromatic carbocycles. The van der Waals surface area contributed by atoms with Gasteiger partial charge in [-0.25, -0.2) is 0 Å². The van der Waals surface area contributed by atoms with Crippen LogP contribution in [0, 0.1) is 16.7 Å². The van der Waals surface area contributed by atoms with Crippen molar-refractivity contribution in [2.24, 2.45) is 11.1 Å². The van der Waals surface area contributed by atoms with Gasteiger partial charge in [-0.1, -0.05) is 32.9 Å². The van der Waals surface area contributed by atoms with E-state index in [0.717, 1.165) is 5.56 Å². The van der Waals surface area contributed by atoms with Crippen LogP contribution in [-0.4, -0.2) is 46.6 Å². The normalized spacial score (nSPS) is 21.2. The second-order valence-electron chi connectivity index (χ2n) is 7.77. The minimum Gasteiger partial charge on any atom is -0.391 e. The highest BCUT2D eigenvalue weighted by atomic mass is 16.3. The van der Waals surface area contributed by atoms with Crippen LogP contribution < -0.4 is 11.1 Å². The zero-order valence-corrected chi connectivity index (χ0v) is 15.4. The fourth-order valence-corrected chi connectivity index (χ4v) is 2.86. The van der Waals surface area contributed by atoms with Crippen LogP contribution in [-0.2, 0) is 16.1 Å². The van der Waals surface area contributed by atoms with Crippen LogP contribution in [0.1, 0.15) is 38.3 Å². The standard InChI is InChI=1S/C19H26N4O3/c1-19(2,3)16(21)18(26)23-11-14(24)8-15(23)17(25)22-10-13-6-4-12(9-20)5-7-13/h4-7,14-16,24H,8,10-11,21H2,1-3H3,(H,22,25)/t14-,15+,16-/m1/s1. The quantitative estimate of drug-likeness (QED) is 0.724. The third-order valence-electron chi connectivity index (χ3n) is 4.61. The van der Waals surface area contributed by atoms with Crippen molar-refractivity contribution in [3.8, 4) is 6.07 Å². The first-order chi connectivity index (χ1) is 12.1. The molecule has 7 heteroatoms. The third-order valence-corrected chi connectivity index (χ3v) is 4.61. The average molecular weight is 358 g/mol. The van der Waals surface area contributed by atoms with Gasteiger partial charge in [0.2, 0.25) is 11.8 Å². The molecule has 3 atom stereocenters. The van der Waals surface area contributed by atoms with Gasteiger partial charge in [-0.2, -0.15) is 5.26 Å². The lowest BCUT2D eigenvalue weighted by atomic mass is 9.86. The van der Waals surface area contributed by atoms with E-state index >= 15 is 0 Å². The van der Waals surface area contributed by atoms with E-state index in [4.69, 9.17) is 11.0 Å². The van der Waals surface area contributed by atoms with Gasteiger partial charge in [0.1, 0.15) is 6.04 Å². The summed E-state index contributed by atoms with van der Waals surface area (Å²) in [6.07, 6.45) is -0.543. The summed E-state index contributed by atoms with van der Waals surface area (Å²) >= 11 is 0. The predicted octanol–water partition coefficient (Wildman–Crippen LogP) is 0.510. The summed E-state index contributed by atoms with van der Waals surface area (Å²) in [6.45, 7) is 5.98. The maximum absolute atomic E-state index is 12.7. The van der Waals surface area contributed by atoms with Crippen molar-refractivity contribution in [3.63, 3.8) is 0 Å². The van der Waals surface area contributed by atoms with Gasteiger partial charge in [-0.05, 0) is 23.1 Å². The molecule has 1 aliphatic heterocycles. The minimum absolute atomic E-state index is 0.109. The number of hydrogen-bond donors (Lipinski definition) is 3. The fraction of sp³-hybridized carbons (Fsp3) is 0.526. The van der Waals surface area contributed by atoms with Crippen molar-refractivity contribution in [2.75, 3.05) is 6.54 Å². The number of amides is 2. The number of carbonyl (C=O) groups is 2. The molecule has 0 aromatic heterocycles. The molecule has 0 saturated carbocycles. The molecule has 0 bridgehead atoms. The summed E-state index contributed by atoms with van der Waals surface area (Å²) in [5.74, 6) is -0.645. The van der Waals surface area contributed by atoms with Gasteiger partial charge in [-0.3, -0.25) is 9.59 Å². The average Bonchev–Trinajstić information content (AvgIpc) is 2.99. The van der Waals surface area contributed by atoms with Crippen LogP contribution in [0.15, 0.2) is 24.3 Å². The predicted molar refractivity (Wildman–Crippen MR) is 96.6 cm³/mol. The minimum atomic E-state index is -0.748. The third kappa shape index (κ3) is 4.59. The SMILES string of the molecule is CC(C)(C)[C@H](N)C(=O)N1C[C@H](O)C[C@H]1C(=O)NCc1ccc(C#N)cc1. The number of aliphatic hydroxyl groups is 1. The molecular formula is C19H26N4O3. The van der Waals surface area contributed by atoms with E-state index in [0.29, 0.717) is 5.56 Å². The van der Waals surface area contributed by atoms with Gasteiger partial charge < -0.3 is 21.1 Å². The van der Waals surface area contributed by atoms with Crippen LogP contribution in [0.25, 0.3) is 0 Å². The second-order valence-corrected chi connectivity index (χ2v) is 7.77. The van der Waals surface area contributed by atoms with E-state index in [2.05, 4.69) is 5.32 Å². The Morgan fingerprint density at radius 3 is 2.54 bits per heavy atom. The molecular weight excluding hydrogens is 332 g/mol. The lowest BCUT2D eigenvalue weighted by Crippen LogP contribution is -2.54. The molecule has 7 nitrogen and oxygen atoms in total. The van der Waals surface area contributed by atoms with Crippen LogP contribution >= 0.6 is 0 Å². The summed E-state index contributed by atoms with van der Waals surface area (Å²) < 4.78 is 0. The summed E-state index contributed by atoms with van der Waals surface area (Å²) in [5, 5.41) is 21.6. The maximum atomic E-state index is 12.7. The molecule has 140 valence electrons. The highest BCUT2D eigenvalue weighted by molar-refractivity contribution is 5.90. The van der Waals surface area contributed by atoms with Crippen LogP contribution in [0.2, 0.25) is 0 Å². The highest BCUT2D eigenvalue weighted by Crippen LogP contribution is 2.24. The van der Waals surface area contributed by atoms with Gasteiger partial charge >= 0.3 is 0 Å². The molecule has 2 rings (SSSR count). The number of likely N-dealkylation sites (tertiary alicyclic amines) is 1. The lowest BCUT2D eigenvalue weighted by Gasteiger charge is -2.32. The number of hydrogen-bond acceptors (Lipinski definition) is 5. The Balaban J connectivity index is 2.03. The summed E-state index contributed by atoms with van der Waals surface area (Å²) in [6, 6.07) is 7.45. The molecule has 1 fully saturated rings. The van der Waals surface area contributed by atoms with Crippen LogP contribution in [0.4, 0.5) is 0 Å². The van der Waals surface area contributed by atoms with Crippen molar-refractivity contribution in [1.29, 1.82) is 5.26 Å². The Morgan fingerprint density at radius 2 is 2.00 bits per heavy atom. The number of β-amino-alcohol motifs (C(OH)–C–C–N with tert-alkyl or cyclic N) is 1. The van der Waals surface area contributed by atoms with Crippen molar-refractivity contribution in [2.45, 2.75) is 51.9 Å². The number of carbonyl (C=O) groups excluding carboxylic acids is 2. The fourth-order valence-electron chi connectivity index (χ4n) is 2.86. The molecule has 1 heterocycles. The van der Waals surface area contributed by atoms with E-state index in [9.17, 15) is 14.7 Å². The van der Waals surface area contributed by atoms with E-state index in [1.165, 1.54) is 4.90 Å². The topological polar surface area (TPSA) is 119 Å². The Hall–Kier alpha value is -2.43. The number of benzene rings is 1. The zero-order chi connectivity index (χ0) is 19.5. The molecule has 0 unspecified atom stereocenters. The first-order valence-corrected chi connectivity index (χ1v) is 8.64. The van der Waals surface area contributed by atoms with E-state index in [1.54, 1.807) is 24.3 Å². The van der Waals surface area contributed by atoms with Crippen LogP contribution in [0.5, 0.6) is 0 Å². The van der Waals surface area contributed by atoms with Gasteiger partial charge in [0.05, 0.1) is 23.8 Å². The number of nitrogens with two attached hydrogens (primary N) is 1. The van der Waals surface area contributed by atoms with Crippen molar-refractivity contribution in [3.05, 3.63) is 35.4 Å². The Bertz CT molecular complexity index is 703. The molecule has 0 spiro atoms. The summed E-state index contributed by atoms with van der Waals surface area (Å²) in [5.41, 5.74) is 7.00. The van der Waals surface area contributed by atoms with Gasteiger partial charge in [0.25, 0.3) is 0 Å². The van der Waals surface area contributed by atoms with Gasteiger partial charge in [0.15, 0.2) is 0 Å². The summed E-state index contributed by atoms with van der Waals surface area (Å²) in [7, 11) is 0. The van der Waals surface area contributed by atoms with Crippen molar-refractivity contribution < 1.29 is 14.7 Å². The highest BCUT2D eigenvalue weighted by Gasteiger charge is 2.42. The van der Waals surface area contributed by atoms with Crippen molar-refractivity contribution in [1.82, 2.24) is 10.2 Å². The molecule has 26 heavy (non-hydrogen) atoms. The Morgan fingerprint density at radius 1 is 1.38 bits per heavy atom. The van der Waals surface area contributed by atoms with Gasteiger partial charge in [0, 0.05) is 19.5 Å². The molecule has 1 aliphatic rings. The molecule has 1 aromatic rings. The Labute approximate surface area is 153 Å². The molecule has 4 N–H and O–H groups in total. The number of nitrogens with zero attached hydrogens (tertiary/aromatic N) is 2. The van der Waals surface area contributed by atoms with Gasteiger partial charge in [-0.15, -0.1) is 0 Å². The largest absolute Gasteiger partial charge is 0.391 e. The number of nitriles is 1. The monoisotopic (exact) mass is 358 g/mol. The van der Waals surface area contributed by atoms with Crippen molar-refractivity contribution >= 4 is 11.8 Å². The lowest BCUT2D eigenvalue weighted by molar-refractivity contribution is -0.141. The second kappa shape index (κ2) is 7.85. The number of rotatable bonds is 4. The van der Waals surface area contributed by atoms with Crippen LogP contribution in [0.3, 0.4) is 0 Å². The number of aliphatic hydroxyl groups excluding tert-OH is 1. The maximum Gasteiger partial charge on any atom is 0.243 e. The van der Waals surface area contributed by atoms with E-state index in [-0.39, 0.29) is 31.3 Å². The first-order valence-electron chi connectivity index (χ1n) is 8.64. The molecule has 2 amide bonds. The molecule has 0 radical (unpaired) electrons.